The fraction of sp³-hybridized carbons (Fsp3) is 0.433. The monoisotopic (exact) mass is 580 g/mol. The molecule has 6 rings (SSSR count). The molecule has 2 atom stereocenters. The van der Waals surface area contributed by atoms with Gasteiger partial charge in [-0.05, 0) is 62.4 Å². The van der Waals surface area contributed by atoms with Crippen LogP contribution in [-0.2, 0) is 21.4 Å². The molecule has 1 unspecified atom stereocenters. The van der Waals surface area contributed by atoms with Gasteiger partial charge in [0.15, 0.2) is 5.82 Å². The maximum absolute atomic E-state index is 13.1. The topological polar surface area (TPSA) is 113 Å². The van der Waals surface area contributed by atoms with Crippen LogP contribution in [-0.4, -0.2) is 67.9 Å². The molecule has 220 valence electrons. The van der Waals surface area contributed by atoms with Gasteiger partial charge in [0.1, 0.15) is 5.60 Å². The third-order valence-corrected chi connectivity index (χ3v) is 8.32. The highest BCUT2D eigenvalue weighted by Crippen LogP contribution is 2.37. The largest absolute Gasteiger partial charge is 0.416 e. The van der Waals surface area contributed by atoms with Crippen LogP contribution in [0.5, 0.6) is 0 Å². The standard InChI is InChI=1S/C30H31F3N6O3/c31-30(32,33)21-4-1-3-19(15-21)24-16-25(42-38-24)28(40)39-14-9-23(18-39)37-22-7-10-29(41,11-8-22)26-6-5-20(17-36-26)27-34-12-2-13-35-27/h1-6,12-13,15,17,22-23,25,37,41H,7-11,14,16,18H2/t22?,23-,25?,29?/m0/s1. The van der Waals surface area contributed by atoms with Crippen LogP contribution in [0.4, 0.5) is 13.2 Å². The van der Waals surface area contributed by atoms with Crippen LogP contribution in [0.25, 0.3) is 11.4 Å². The lowest BCUT2D eigenvalue weighted by Crippen LogP contribution is -2.46. The summed E-state index contributed by atoms with van der Waals surface area (Å²) in [5.74, 6) is 0.377. The number of aliphatic hydroxyl groups is 1. The van der Waals surface area contributed by atoms with E-state index in [0.717, 1.165) is 37.0 Å². The predicted octanol–water partition coefficient (Wildman–Crippen LogP) is 4.07. The van der Waals surface area contributed by atoms with Gasteiger partial charge in [0.05, 0.1) is 17.0 Å². The first-order chi connectivity index (χ1) is 20.2. The van der Waals surface area contributed by atoms with E-state index in [1.807, 2.05) is 12.1 Å². The number of aromatic nitrogens is 3. The molecule has 1 amide bonds. The number of alkyl halides is 3. The van der Waals surface area contributed by atoms with E-state index in [0.29, 0.717) is 48.7 Å². The van der Waals surface area contributed by atoms with Crippen LogP contribution in [0.15, 0.2) is 66.2 Å². The smallest absolute Gasteiger partial charge is 0.384 e. The van der Waals surface area contributed by atoms with Crippen molar-refractivity contribution < 1.29 is 27.9 Å². The van der Waals surface area contributed by atoms with E-state index in [1.165, 1.54) is 12.1 Å². The molecule has 9 nitrogen and oxygen atoms in total. The quantitative estimate of drug-likeness (QED) is 0.452. The normalized spacial score (nSPS) is 26.1. The number of nitrogens with one attached hydrogen (secondary N) is 1. The fourth-order valence-corrected chi connectivity index (χ4v) is 5.96. The zero-order chi connectivity index (χ0) is 29.3. The van der Waals surface area contributed by atoms with Crippen LogP contribution < -0.4 is 5.32 Å². The molecule has 12 heteroatoms. The van der Waals surface area contributed by atoms with Crippen molar-refractivity contribution in [2.75, 3.05) is 13.1 Å². The van der Waals surface area contributed by atoms with Gasteiger partial charge < -0.3 is 20.2 Å². The average Bonchev–Trinajstić information content (AvgIpc) is 3.69. The van der Waals surface area contributed by atoms with E-state index >= 15 is 0 Å². The number of hydrogen-bond donors (Lipinski definition) is 2. The minimum Gasteiger partial charge on any atom is -0.384 e. The molecular formula is C30H31F3N6O3. The Bertz CT molecular complexity index is 1440. The lowest BCUT2D eigenvalue weighted by molar-refractivity contribution is -0.141. The number of oxime groups is 1. The lowest BCUT2D eigenvalue weighted by Gasteiger charge is -2.37. The Balaban J connectivity index is 0.978. The summed E-state index contributed by atoms with van der Waals surface area (Å²) in [6.07, 6.45) is 3.33. The zero-order valence-electron chi connectivity index (χ0n) is 22.8. The van der Waals surface area contributed by atoms with Crippen molar-refractivity contribution in [3.63, 3.8) is 0 Å². The summed E-state index contributed by atoms with van der Waals surface area (Å²) in [5.41, 5.74) is 0.305. The third-order valence-electron chi connectivity index (χ3n) is 8.32. The van der Waals surface area contributed by atoms with Crippen molar-refractivity contribution >= 4 is 11.6 Å². The molecule has 2 fully saturated rings. The lowest BCUT2D eigenvalue weighted by atomic mass is 9.79. The molecule has 0 radical (unpaired) electrons. The summed E-state index contributed by atoms with van der Waals surface area (Å²) in [4.78, 5) is 33.2. The highest BCUT2D eigenvalue weighted by molar-refractivity contribution is 6.04. The van der Waals surface area contributed by atoms with Crippen LogP contribution in [0, 0.1) is 0 Å². The molecule has 1 saturated heterocycles. The number of amides is 1. The molecule has 3 aromatic rings. The third kappa shape index (κ3) is 6.00. The van der Waals surface area contributed by atoms with Crippen LogP contribution in [0.1, 0.15) is 55.3 Å². The Hall–Kier alpha value is -3.90. The van der Waals surface area contributed by atoms with Crippen molar-refractivity contribution in [2.24, 2.45) is 5.16 Å². The highest BCUT2D eigenvalue weighted by atomic mass is 19.4. The Kier molecular flexibility index (Phi) is 7.67. The van der Waals surface area contributed by atoms with Gasteiger partial charge in [0.2, 0.25) is 6.10 Å². The van der Waals surface area contributed by atoms with Gasteiger partial charge in [-0.15, -0.1) is 0 Å². The zero-order valence-corrected chi connectivity index (χ0v) is 22.8. The molecule has 2 aromatic heterocycles. The number of likely N-dealkylation sites (tertiary alicyclic amines) is 1. The minimum absolute atomic E-state index is 0.110. The summed E-state index contributed by atoms with van der Waals surface area (Å²) < 4.78 is 39.3. The Morgan fingerprint density at radius 3 is 2.50 bits per heavy atom. The van der Waals surface area contributed by atoms with Gasteiger partial charge >= 0.3 is 6.18 Å². The molecule has 2 aliphatic heterocycles. The Labute approximate surface area is 240 Å². The number of carbonyl (C=O) groups excluding carboxylic acids is 1. The second kappa shape index (κ2) is 11.4. The van der Waals surface area contributed by atoms with E-state index in [9.17, 15) is 23.1 Å². The summed E-state index contributed by atoms with van der Waals surface area (Å²) in [6, 6.07) is 10.7. The number of rotatable bonds is 6. The van der Waals surface area contributed by atoms with Crippen molar-refractivity contribution in [3.8, 4) is 11.4 Å². The van der Waals surface area contributed by atoms with Gasteiger partial charge in [-0.2, -0.15) is 13.2 Å². The van der Waals surface area contributed by atoms with Crippen molar-refractivity contribution in [3.05, 3.63) is 77.9 Å². The number of hydrogen-bond acceptors (Lipinski definition) is 8. The van der Waals surface area contributed by atoms with E-state index in [2.05, 4.69) is 25.4 Å². The number of pyridine rings is 1. The molecule has 42 heavy (non-hydrogen) atoms. The molecule has 1 saturated carbocycles. The van der Waals surface area contributed by atoms with E-state index in [1.54, 1.807) is 29.6 Å². The minimum atomic E-state index is -4.46. The first kappa shape index (κ1) is 28.2. The molecule has 1 aliphatic carbocycles. The van der Waals surface area contributed by atoms with Crippen molar-refractivity contribution in [1.82, 2.24) is 25.2 Å². The highest BCUT2D eigenvalue weighted by Gasteiger charge is 2.39. The molecule has 2 N–H and O–H groups in total. The Morgan fingerprint density at radius 2 is 1.79 bits per heavy atom. The van der Waals surface area contributed by atoms with Gasteiger partial charge in [0.25, 0.3) is 5.91 Å². The maximum Gasteiger partial charge on any atom is 0.416 e. The molecule has 1 aromatic carbocycles. The molecular weight excluding hydrogens is 549 g/mol. The SMILES string of the molecule is O=C(C1CC(c2cccc(C(F)(F)F)c2)=NO1)N1CC[C@H](NC2CCC(O)(c3ccc(-c4ncccn4)cn3)CC2)C1. The number of halogens is 3. The van der Waals surface area contributed by atoms with Crippen molar-refractivity contribution in [1.29, 1.82) is 0 Å². The average molecular weight is 581 g/mol. The second-order valence-corrected chi connectivity index (χ2v) is 11.2. The summed E-state index contributed by atoms with van der Waals surface area (Å²) in [6.45, 7) is 1.08. The first-order valence-electron chi connectivity index (χ1n) is 14.1. The summed E-state index contributed by atoms with van der Waals surface area (Å²) >= 11 is 0. The number of nitrogens with zero attached hydrogens (tertiary/aromatic N) is 5. The molecule has 3 aliphatic rings. The van der Waals surface area contributed by atoms with E-state index in [-0.39, 0.29) is 24.4 Å². The van der Waals surface area contributed by atoms with Gasteiger partial charge in [0, 0.05) is 61.3 Å². The number of carbonyl (C=O) groups is 1. The summed E-state index contributed by atoms with van der Waals surface area (Å²) in [7, 11) is 0. The van der Waals surface area contributed by atoms with E-state index in [4.69, 9.17) is 4.84 Å². The summed E-state index contributed by atoms with van der Waals surface area (Å²) in [5, 5.41) is 18.9. The van der Waals surface area contributed by atoms with E-state index < -0.39 is 23.4 Å². The fourth-order valence-electron chi connectivity index (χ4n) is 5.96. The van der Waals surface area contributed by atoms with Crippen LogP contribution in [0.3, 0.4) is 0 Å². The first-order valence-corrected chi connectivity index (χ1v) is 14.1. The van der Waals surface area contributed by atoms with Crippen molar-refractivity contribution in [2.45, 2.75) is 68.5 Å². The van der Waals surface area contributed by atoms with Gasteiger partial charge in [-0.25, -0.2) is 9.97 Å². The predicted molar refractivity (Wildman–Crippen MR) is 147 cm³/mol. The van der Waals surface area contributed by atoms with Crippen LogP contribution in [0.2, 0.25) is 0 Å². The molecule has 0 spiro atoms. The second-order valence-electron chi connectivity index (χ2n) is 11.2. The van der Waals surface area contributed by atoms with Gasteiger partial charge in [-0.1, -0.05) is 17.3 Å². The molecule has 4 heterocycles. The number of benzene rings is 1. The van der Waals surface area contributed by atoms with Gasteiger partial charge in [-0.3, -0.25) is 9.78 Å². The Morgan fingerprint density at radius 1 is 1.00 bits per heavy atom. The maximum atomic E-state index is 13.1. The van der Waals surface area contributed by atoms with Crippen LogP contribution >= 0.6 is 0 Å². The molecule has 0 bridgehead atoms.